The molecular formula is C20H23N3O5. The first-order valence-corrected chi connectivity index (χ1v) is 9.09. The van der Waals surface area contributed by atoms with Crippen molar-refractivity contribution in [1.29, 1.82) is 5.26 Å². The number of hydrogen-bond acceptors (Lipinski definition) is 8. The Morgan fingerprint density at radius 1 is 1.43 bits per heavy atom. The molecule has 2 aliphatic rings. The average molecular weight is 385 g/mol. The summed E-state index contributed by atoms with van der Waals surface area (Å²) in [5, 5.41) is 20.4. The standard InChI is InChI=1S/C20H23N3O5/c1-3-27-20(25)17-12(2)28-19(22)15(11-21)18(17)14-5-4-13(10-16(14)24)23-6-8-26-9-7-23/h4-5,10,18,24H,3,6-9,22H2,1-2H3. The second kappa shape index (κ2) is 8.23. The van der Waals surface area contributed by atoms with Crippen LogP contribution in [0, 0.1) is 11.3 Å². The fourth-order valence-electron chi connectivity index (χ4n) is 3.46. The van der Waals surface area contributed by atoms with Crippen LogP contribution in [0.25, 0.3) is 0 Å². The summed E-state index contributed by atoms with van der Waals surface area (Å²) in [6.45, 7) is 6.13. The highest BCUT2D eigenvalue weighted by Crippen LogP contribution is 2.43. The average Bonchev–Trinajstić information content (AvgIpc) is 2.68. The van der Waals surface area contributed by atoms with E-state index < -0.39 is 11.9 Å². The predicted molar refractivity (Wildman–Crippen MR) is 101 cm³/mol. The highest BCUT2D eigenvalue weighted by atomic mass is 16.5. The van der Waals surface area contributed by atoms with Gasteiger partial charge in [0.2, 0.25) is 5.88 Å². The fourth-order valence-corrected chi connectivity index (χ4v) is 3.46. The van der Waals surface area contributed by atoms with E-state index in [1.54, 1.807) is 26.0 Å². The van der Waals surface area contributed by atoms with Gasteiger partial charge in [0.1, 0.15) is 23.2 Å². The van der Waals surface area contributed by atoms with Crippen molar-refractivity contribution in [2.45, 2.75) is 19.8 Å². The van der Waals surface area contributed by atoms with E-state index in [0.29, 0.717) is 18.8 Å². The highest BCUT2D eigenvalue weighted by molar-refractivity contribution is 5.92. The van der Waals surface area contributed by atoms with Crippen LogP contribution in [-0.2, 0) is 19.0 Å². The minimum atomic E-state index is -0.864. The summed E-state index contributed by atoms with van der Waals surface area (Å²) in [6, 6.07) is 7.18. The van der Waals surface area contributed by atoms with E-state index in [0.717, 1.165) is 18.8 Å². The number of ether oxygens (including phenoxy) is 3. The second-order valence-electron chi connectivity index (χ2n) is 6.46. The van der Waals surface area contributed by atoms with Crippen molar-refractivity contribution in [1.82, 2.24) is 0 Å². The lowest BCUT2D eigenvalue weighted by atomic mass is 9.82. The first kappa shape index (κ1) is 19.6. The van der Waals surface area contributed by atoms with Crippen molar-refractivity contribution < 1.29 is 24.1 Å². The Labute approximate surface area is 163 Å². The van der Waals surface area contributed by atoms with Crippen LogP contribution in [0.5, 0.6) is 5.75 Å². The van der Waals surface area contributed by atoms with E-state index in [9.17, 15) is 15.2 Å². The fraction of sp³-hybridized carbons (Fsp3) is 0.400. The van der Waals surface area contributed by atoms with Gasteiger partial charge in [0.25, 0.3) is 0 Å². The molecule has 0 saturated carbocycles. The number of benzene rings is 1. The molecule has 1 unspecified atom stereocenters. The molecule has 1 aromatic carbocycles. The smallest absolute Gasteiger partial charge is 0.338 e. The van der Waals surface area contributed by atoms with Gasteiger partial charge < -0.3 is 30.0 Å². The Morgan fingerprint density at radius 3 is 2.75 bits per heavy atom. The third-order valence-corrected chi connectivity index (χ3v) is 4.80. The zero-order chi connectivity index (χ0) is 20.3. The number of esters is 1. The molecule has 0 aromatic heterocycles. The number of nitrogens with two attached hydrogens (primary N) is 1. The van der Waals surface area contributed by atoms with E-state index in [2.05, 4.69) is 4.90 Å². The van der Waals surface area contributed by atoms with Crippen LogP contribution in [0.15, 0.2) is 41.0 Å². The molecule has 3 rings (SSSR count). The lowest BCUT2D eigenvalue weighted by Gasteiger charge is -2.30. The van der Waals surface area contributed by atoms with Crippen molar-refractivity contribution in [2.24, 2.45) is 5.73 Å². The topological polar surface area (TPSA) is 118 Å². The number of phenols is 1. The lowest BCUT2D eigenvalue weighted by molar-refractivity contribution is -0.139. The first-order valence-electron chi connectivity index (χ1n) is 9.09. The van der Waals surface area contributed by atoms with Crippen LogP contribution in [0.2, 0.25) is 0 Å². The van der Waals surface area contributed by atoms with E-state index in [1.807, 2.05) is 12.1 Å². The number of nitrogens with zero attached hydrogens (tertiary/aromatic N) is 2. The molecule has 2 aliphatic heterocycles. The molecule has 148 valence electrons. The first-order chi connectivity index (χ1) is 13.5. The quantitative estimate of drug-likeness (QED) is 0.754. The molecule has 28 heavy (non-hydrogen) atoms. The molecule has 0 spiro atoms. The lowest BCUT2D eigenvalue weighted by Crippen LogP contribution is -2.36. The second-order valence-corrected chi connectivity index (χ2v) is 6.46. The summed E-state index contributed by atoms with van der Waals surface area (Å²) < 4.78 is 15.9. The van der Waals surface area contributed by atoms with Crippen molar-refractivity contribution in [3.8, 4) is 11.8 Å². The molecule has 1 saturated heterocycles. The number of phenolic OH excluding ortho intramolecular Hbond substituents is 1. The Kier molecular flexibility index (Phi) is 5.76. The summed E-state index contributed by atoms with van der Waals surface area (Å²) in [7, 11) is 0. The molecular weight excluding hydrogens is 362 g/mol. The number of allylic oxidation sites excluding steroid dienone is 2. The van der Waals surface area contributed by atoms with Gasteiger partial charge in [0.15, 0.2) is 0 Å². The van der Waals surface area contributed by atoms with E-state index >= 15 is 0 Å². The Morgan fingerprint density at radius 2 is 2.14 bits per heavy atom. The van der Waals surface area contributed by atoms with Gasteiger partial charge in [-0.15, -0.1) is 0 Å². The van der Waals surface area contributed by atoms with Gasteiger partial charge in [-0.2, -0.15) is 5.26 Å². The number of hydrogen-bond donors (Lipinski definition) is 2. The van der Waals surface area contributed by atoms with Gasteiger partial charge in [0, 0.05) is 30.4 Å². The summed E-state index contributed by atoms with van der Waals surface area (Å²) >= 11 is 0. The summed E-state index contributed by atoms with van der Waals surface area (Å²) in [6.07, 6.45) is 0. The van der Waals surface area contributed by atoms with Crippen molar-refractivity contribution >= 4 is 11.7 Å². The number of aromatic hydroxyl groups is 1. The summed E-state index contributed by atoms with van der Waals surface area (Å²) in [4.78, 5) is 14.6. The van der Waals surface area contributed by atoms with Gasteiger partial charge in [0.05, 0.1) is 31.3 Å². The molecule has 1 fully saturated rings. The zero-order valence-corrected chi connectivity index (χ0v) is 15.9. The van der Waals surface area contributed by atoms with Crippen LogP contribution in [0.3, 0.4) is 0 Å². The third kappa shape index (κ3) is 3.62. The molecule has 0 amide bonds. The molecule has 0 bridgehead atoms. The van der Waals surface area contributed by atoms with Gasteiger partial charge in [-0.05, 0) is 19.9 Å². The van der Waals surface area contributed by atoms with Crippen LogP contribution < -0.4 is 10.6 Å². The maximum atomic E-state index is 12.5. The van der Waals surface area contributed by atoms with E-state index in [4.69, 9.17) is 19.9 Å². The number of anilines is 1. The largest absolute Gasteiger partial charge is 0.508 e. The van der Waals surface area contributed by atoms with Crippen molar-refractivity contribution in [3.63, 3.8) is 0 Å². The van der Waals surface area contributed by atoms with Crippen LogP contribution in [0.1, 0.15) is 25.3 Å². The summed E-state index contributed by atoms with van der Waals surface area (Å²) in [5.41, 5.74) is 7.33. The van der Waals surface area contributed by atoms with Gasteiger partial charge in [-0.3, -0.25) is 0 Å². The van der Waals surface area contributed by atoms with E-state index in [-0.39, 0.29) is 35.1 Å². The SMILES string of the molecule is CCOC(=O)C1=C(C)OC(N)=C(C#N)C1c1ccc(N2CCOCC2)cc1O. The Bertz CT molecular complexity index is 878. The summed E-state index contributed by atoms with van der Waals surface area (Å²) in [5.74, 6) is -1.35. The molecule has 8 heteroatoms. The number of carbonyl (C=O) groups excluding carboxylic acids is 1. The minimum Gasteiger partial charge on any atom is -0.508 e. The zero-order valence-electron chi connectivity index (χ0n) is 15.9. The number of morpholine rings is 1. The minimum absolute atomic E-state index is 0.0361. The maximum Gasteiger partial charge on any atom is 0.338 e. The predicted octanol–water partition coefficient (Wildman–Crippen LogP) is 1.87. The highest BCUT2D eigenvalue weighted by Gasteiger charge is 2.37. The van der Waals surface area contributed by atoms with Crippen molar-refractivity contribution in [3.05, 3.63) is 46.6 Å². The molecule has 2 heterocycles. The maximum absolute atomic E-state index is 12.5. The Balaban J connectivity index is 2.05. The molecule has 3 N–H and O–H groups in total. The third-order valence-electron chi connectivity index (χ3n) is 4.80. The normalized spacial score (nSPS) is 19.9. The molecule has 8 nitrogen and oxygen atoms in total. The molecule has 0 aliphatic carbocycles. The number of nitriles is 1. The Hall–Kier alpha value is -3.18. The van der Waals surface area contributed by atoms with Crippen molar-refractivity contribution in [2.75, 3.05) is 37.8 Å². The molecule has 1 atom stereocenters. The van der Waals surface area contributed by atoms with Crippen LogP contribution >= 0.6 is 0 Å². The van der Waals surface area contributed by atoms with Crippen LogP contribution in [-0.4, -0.2) is 44.0 Å². The molecule has 0 radical (unpaired) electrons. The van der Waals surface area contributed by atoms with E-state index in [1.165, 1.54) is 0 Å². The number of rotatable bonds is 4. The van der Waals surface area contributed by atoms with Gasteiger partial charge in [-0.1, -0.05) is 6.07 Å². The number of carbonyl (C=O) groups is 1. The monoisotopic (exact) mass is 385 g/mol. The van der Waals surface area contributed by atoms with Gasteiger partial charge in [-0.25, -0.2) is 4.79 Å². The van der Waals surface area contributed by atoms with Crippen LogP contribution in [0.4, 0.5) is 5.69 Å². The van der Waals surface area contributed by atoms with Gasteiger partial charge >= 0.3 is 5.97 Å². The molecule has 1 aromatic rings.